The number of rotatable bonds is 0. The molecular weight excluding hydrogens is 160 g/mol. The van der Waals surface area contributed by atoms with Gasteiger partial charge in [-0.2, -0.15) is 0 Å². The van der Waals surface area contributed by atoms with Crippen LogP contribution in [0.15, 0.2) is 0 Å². The minimum atomic E-state index is 0. The van der Waals surface area contributed by atoms with Crippen LogP contribution in [-0.2, 0) is 32.2 Å². The van der Waals surface area contributed by atoms with Crippen LogP contribution in [-0.4, -0.2) is 19.0 Å². The second-order valence-corrected chi connectivity index (χ2v) is 0. The molecule has 0 unspecified atom stereocenters. The van der Waals surface area contributed by atoms with E-state index in [1.54, 1.807) is 0 Å². The number of hydrogen-bond donors (Lipinski definition) is 0. The van der Waals surface area contributed by atoms with Crippen molar-refractivity contribution in [1.29, 1.82) is 0 Å². The van der Waals surface area contributed by atoms with Crippen molar-refractivity contribution in [1.82, 2.24) is 0 Å². The van der Waals surface area contributed by atoms with Crippen molar-refractivity contribution in [2.24, 2.45) is 0 Å². The van der Waals surface area contributed by atoms with E-state index in [0.29, 0.717) is 0 Å². The van der Waals surface area contributed by atoms with Crippen LogP contribution in [0.1, 0.15) is 0 Å². The van der Waals surface area contributed by atoms with Crippen LogP contribution in [0, 0.1) is 0 Å². The first-order valence-corrected chi connectivity index (χ1v) is 3.73. The average Bonchev–Trinajstić information content (AvgIpc) is 1.00. The molecule has 4 heavy (non-hydrogen) atoms. The molecule has 0 aromatic carbocycles. The first-order valence-electron chi connectivity index (χ1n) is 0.302. The third-order valence-corrected chi connectivity index (χ3v) is 0. The summed E-state index contributed by atoms with van der Waals surface area (Å²) in [6.07, 6.45) is 0. The second kappa shape index (κ2) is 25.8. The molecule has 0 nitrogen and oxygen atoms in total. The van der Waals surface area contributed by atoms with Gasteiger partial charge in [-0.05, 0) is 0 Å². The van der Waals surface area contributed by atoms with Crippen LogP contribution in [0.4, 0.5) is 0 Å². The molecule has 0 aromatic rings. The van der Waals surface area contributed by atoms with Gasteiger partial charge >= 0.3 is 34.3 Å². The van der Waals surface area contributed by atoms with Gasteiger partial charge in [0.05, 0.1) is 0 Å². The second-order valence-electron chi connectivity index (χ2n) is 0. The van der Waals surface area contributed by atoms with Crippen molar-refractivity contribution in [3.8, 4) is 0 Å². The molecule has 0 saturated carbocycles. The molecule has 0 fully saturated rings. The zero-order chi connectivity index (χ0) is 2.00. The maximum absolute atomic E-state index is 4.33. The van der Waals surface area contributed by atoms with Gasteiger partial charge in [-0.15, -0.1) is 0 Å². The number of hydrogen-bond acceptors (Lipinski definition) is 0. The first-order chi connectivity index (χ1) is 1.00. The van der Waals surface area contributed by atoms with Crippen LogP contribution >= 0.6 is 0 Å². The third kappa shape index (κ3) is 9.96. The fourth-order valence-electron chi connectivity index (χ4n) is 0. The van der Waals surface area contributed by atoms with E-state index in [-0.39, 0.29) is 26.9 Å². The Hall–Kier alpha value is 1.41. The molecule has 0 atom stereocenters. The van der Waals surface area contributed by atoms with Crippen molar-refractivity contribution in [3.05, 3.63) is 0 Å². The molecular formula is H5BeCoCuSi. The maximum atomic E-state index is 4.33. The molecule has 0 amide bonds. The molecule has 0 aliphatic heterocycles. The third-order valence-electron chi connectivity index (χ3n) is 0. The van der Waals surface area contributed by atoms with Gasteiger partial charge in [0.25, 0.3) is 0 Å². The quantitative estimate of drug-likeness (QED) is 0.360. The van der Waals surface area contributed by atoms with E-state index in [0.717, 1.165) is 8.85 Å². The standard InChI is InChI=1S/Be.Co.Cu.H3Si.2H/h;;;1H3;;. The Balaban J connectivity index is -0.00000000500. The Morgan fingerprint density at radius 1 is 1.25 bits per heavy atom. The molecule has 0 N–H and O–H groups in total. The molecule has 0 bridgehead atoms. The minimum absolute atomic E-state index is 0. The molecule has 31 valence electrons. The van der Waals surface area contributed by atoms with E-state index in [4.69, 9.17) is 0 Å². The molecule has 0 aromatic heterocycles. The fourth-order valence-corrected chi connectivity index (χ4v) is 0. The van der Waals surface area contributed by atoms with Crippen molar-refractivity contribution < 1.29 is 32.2 Å². The van der Waals surface area contributed by atoms with E-state index >= 15 is 0 Å². The molecule has 0 rings (SSSR count). The fraction of sp³-hybridized carbons (Fsp3) is 0. The molecule has 0 aliphatic rings. The van der Waals surface area contributed by atoms with Crippen LogP contribution in [0.5, 0.6) is 0 Å². The van der Waals surface area contributed by atoms with Crippen LogP contribution in [0.3, 0.4) is 0 Å². The first kappa shape index (κ1) is 18.1. The zero-order valence-electron chi connectivity index (χ0n) is 1.63. The molecule has 0 saturated heterocycles. The summed E-state index contributed by atoms with van der Waals surface area (Å²) in [4.78, 5) is 0. The van der Waals surface area contributed by atoms with E-state index in [1.165, 1.54) is 0 Å². The van der Waals surface area contributed by atoms with Gasteiger partial charge in [-0.25, -0.2) is 0 Å². The Labute approximate surface area is 51.2 Å². The van der Waals surface area contributed by atoms with Crippen LogP contribution in [0.2, 0.25) is 0 Å². The predicted octanol–water partition coefficient (Wildman–Crippen LogP) is -2.11. The van der Waals surface area contributed by atoms with Gasteiger partial charge in [-0.3, -0.25) is 0 Å². The monoisotopic (exact) mass is 164 g/mol. The summed E-state index contributed by atoms with van der Waals surface area (Å²) in [5, 5.41) is 0. The van der Waals surface area contributed by atoms with Gasteiger partial charge < -0.3 is 0 Å². The topological polar surface area (TPSA) is 0 Å². The van der Waals surface area contributed by atoms with Crippen molar-refractivity contribution in [2.75, 3.05) is 0 Å². The average molecular weight is 165 g/mol. The van der Waals surface area contributed by atoms with E-state index in [1.807, 2.05) is 0 Å². The Morgan fingerprint density at radius 2 is 1.25 bits per heavy atom. The summed E-state index contributed by atoms with van der Waals surface area (Å²) in [5.74, 6) is 0. The molecule has 4 heteroatoms. The molecule has 0 heterocycles. The van der Waals surface area contributed by atoms with Gasteiger partial charge in [-0.1, -0.05) is 0 Å². The zero-order valence-corrected chi connectivity index (χ0v) is 5.62. The summed E-state index contributed by atoms with van der Waals surface area (Å²) >= 11 is 4.33. The van der Waals surface area contributed by atoms with Gasteiger partial charge in [0.1, 0.15) is 0 Å². The van der Waals surface area contributed by atoms with E-state index in [9.17, 15) is 0 Å². The van der Waals surface area contributed by atoms with Crippen LogP contribution in [0.25, 0.3) is 0 Å². The Bertz CT molecular complexity index is 8.00. The van der Waals surface area contributed by atoms with Gasteiger partial charge in [0.2, 0.25) is 0 Å². The Morgan fingerprint density at radius 3 is 1.25 bits per heavy atom. The summed E-state index contributed by atoms with van der Waals surface area (Å²) in [6.45, 7) is 0. The van der Waals surface area contributed by atoms with Crippen molar-refractivity contribution >= 4 is 19.0 Å². The van der Waals surface area contributed by atoms with E-state index in [2.05, 4.69) is 15.4 Å². The van der Waals surface area contributed by atoms with E-state index < -0.39 is 0 Å². The summed E-state index contributed by atoms with van der Waals surface area (Å²) < 4.78 is 0. The molecule has 0 aliphatic carbocycles. The van der Waals surface area contributed by atoms with Crippen LogP contribution < -0.4 is 0 Å². The molecule has 0 spiro atoms. The SMILES string of the molecule is [BeH2].[Co].[SiH3][Cu]. The summed E-state index contributed by atoms with van der Waals surface area (Å²) in [5.41, 5.74) is 0. The Kier molecular flexibility index (Phi) is 117. The van der Waals surface area contributed by atoms with Gasteiger partial charge in [0.15, 0.2) is 0 Å². The van der Waals surface area contributed by atoms with Crippen molar-refractivity contribution in [3.63, 3.8) is 0 Å². The summed E-state index contributed by atoms with van der Waals surface area (Å²) in [7, 11) is 0.868. The van der Waals surface area contributed by atoms with Crippen molar-refractivity contribution in [2.45, 2.75) is 0 Å². The van der Waals surface area contributed by atoms with Gasteiger partial charge in [0, 0.05) is 16.8 Å². The summed E-state index contributed by atoms with van der Waals surface area (Å²) in [6, 6.07) is 0. The predicted molar refractivity (Wildman–Crippen MR) is 18.5 cm³/mol. The molecule has 1 radical (unpaired) electrons. The normalized spacial score (nSPS) is 2.50.